The second-order valence-corrected chi connectivity index (χ2v) is 4.66. The highest BCUT2D eigenvalue weighted by atomic mass is 79.9. The molecule has 0 aromatic heterocycles. The molecule has 1 aliphatic heterocycles. The summed E-state index contributed by atoms with van der Waals surface area (Å²) in [4.78, 5) is 23.0. The van der Waals surface area contributed by atoms with Gasteiger partial charge < -0.3 is 9.47 Å². The number of benzene rings is 1. The second kappa shape index (κ2) is 5.84. The molecule has 98 valence electrons. The average molecular weight is 323 g/mol. The fourth-order valence-electron chi connectivity index (χ4n) is 1.54. The number of ketones is 1. The molecule has 0 saturated carbocycles. The van der Waals surface area contributed by atoms with Crippen LogP contribution in [-0.4, -0.2) is 18.4 Å². The van der Waals surface area contributed by atoms with E-state index in [0.717, 1.165) is 16.1 Å². The van der Waals surface area contributed by atoms with E-state index in [-0.39, 0.29) is 18.1 Å². The molecule has 5 heteroatoms. The standard InChI is InChI=1S/C14H11BrO4/c1-2-18-14(17)8-13-11(16)7-12(19-13)9-3-5-10(15)6-4-9/h3-8H,2H2,1H3/b13-8-. The van der Waals surface area contributed by atoms with Gasteiger partial charge in [-0.1, -0.05) is 28.1 Å². The number of ether oxygens (including phenoxy) is 2. The highest BCUT2D eigenvalue weighted by Gasteiger charge is 2.23. The van der Waals surface area contributed by atoms with Gasteiger partial charge in [0.15, 0.2) is 5.76 Å². The predicted molar refractivity (Wildman–Crippen MR) is 72.9 cm³/mol. The van der Waals surface area contributed by atoms with Gasteiger partial charge in [-0.05, 0) is 19.1 Å². The van der Waals surface area contributed by atoms with E-state index in [4.69, 9.17) is 9.47 Å². The number of hydrogen-bond donors (Lipinski definition) is 0. The topological polar surface area (TPSA) is 52.6 Å². The van der Waals surface area contributed by atoms with Crippen LogP contribution in [0.4, 0.5) is 0 Å². The van der Waals surface area contributed by atoms with Gasteiger partial charge in [0.25, 0.3) is 0 Å². The molecule has 0 saturated heterocycles. The van der Waals surface area contributed by atoms with Crippen molar-refractivity contribution in [2.45, 2.75) is 6.92 Å². The molecule has 0 aliphatic carbocycles. The summed E-state index contributed by atoms with van der Waals surface area (Å²) in [5.41, 5.74) is 0.767. The van der Waals surface area contributed by atoms with Crippen LogP contribution in [0.25, 0.3) is 5.76 Å². The number of hydrogen-bond acceptors (Lipinski definition) is 4. The summed E-state index contributed by atoms with van der Waals surface area (Å²) < 4.78 is 11.0. The molecule has 0 bridgehead atoms. The Labute approximate surface area is 118 Å². The van der Waals surface area contributed by atoms with Crippen LogP contribution in [0.5, 0.6) is 0 Å². The Morgan fingerprint density at radius 2 is 2.05 bits per heavy atom. The average Bonchev–Trinajstić information content (AvgIpc) is 2.72. The lowest BCUT2D eigenvalue weighted by Gasteiger charge is -2.04. The van der Waals surface area contributed by atoms with Gasteiger partial charge in [-0.2, -0.15) is 0 Å². The first-order valence-electron chi connectivity index (χ1n) is 5.68. The van der Waals surface area contributed by atoms with Crippen LogP contribution < -0.4 is 0 Å². The van der Waals surface area contributed by atoms with Crippen LogP contribution in [0.1, 0.15) is 12.5 Å². The van der Waals surface area contributed by atoms with Crippen LogP contribution in [0.15, 0.2) is 46.6 Å². The van der Waals surface area contributed by atoms with Crippen molar-refractivity contribution < 1.29 is 19.1 Å². The van der Waals surface area contributed by atoms with Crippen LogP contribution in [0.2, 0.25) is 0 Å². The lowest BCUT2D eigenvalue weighted by molar-refractivity contribution is -0.137. The van der Waals surface area contributed by atoms with Gasteiger partial charge in [-0.3, -0.25) is 4.79 Å². The van der Waals surface area contributed by atoms with Gasteiger partial charge in [-0.25, -0.2) is 4.79 Å². The lowest BCUT2D eigenvalue weighted by atomic mass is 10.2. The van der Waals surface area contributed by atoms with E-state index in [1.54, 1.807) is 6.92 Å². The van der Waals surface area contributed by atoms with Gasteiger partial charge in [-0.15, -0.1) is 0 Å². The first kappa shape index (κ1) is 13.5. The normalized spacial score (nSPS) is 16.2. The predicted octanol–water partition coefficient (Wildman–Crippen LogP) is 2.84. The number of allylic oxidation sites excluding steroid dienone is 1. The molecule has 19 heavy (non-hydrogen) atoms. The molecule has 2 rings (SSSR count). The van der Waals surface area contributed by atoms with Crippen LogP contribution >= 0.6 is 15.9 Å². The maximum absolute atomic E-state index is 11.7. The minimum absolute atomic E-state index is 0.0173. The number of halogens is 1. The second-order valence-electron chi connectivity index (χ2n) is 3.74. The fraction of sp³-hybridized carbons (Fsp3) is 0.143. The summed E-state index contributed by atoms with van der Waals surface area (Å²) >= 11 is 3.33. The zero-order valence-electron chi connectivity index (χ0n) is 10.2. The number of rotatable bonds is 3. The van der Waals surface area contributed by atoms with Gasteiger partial charge >= 0.3 is 5.97 Å². The molecular formula is C14H11BrO4. The smallest absolute Gasteiger partial charge is 0.334 e. The van der Waals surface area contributed by atoms with Gasteiger partial charge in [0.2, 0.25) is 5.78 Å². The molecule has 1 aromatic carbocycles. The van der Waals surface area contributed by atoms with Crippen molar-refractivity contribution in [3.05, 3.63) is 52.2 Å². The maximum atomic E-state index is 11.7. The summed E-state index contributed by atoms with van der Waals surface area (Å²) in [5, 5.41) is 0. The van der Waals surface area contributed by atoms with E-state index in [9.17, 15) is 9.59 Å². The van der Waals surface area contributed by atoms with Crippen molar-refractivity contribution in [3.63, 3.8) is 0 Å². The summed E-state index contributed by atoms with van der Waals surface area (Å²) in [5.74, 6) is -0.522. The molecule has 0 radical (unpaired) electrons. The first-order valence-corrected chi connectivity index (χ1v) is 6.47. The van der Waals surface area contributed by atoms with E-state index < -0.39 is 5.97 Å². The Kier molecular flexibility index (Phi) is 4.16. The van der Waals surface area contributed by atoms with E-state index in [2.05, 4.69) is 15.9 Å². The summed E-state index contributed by atoms with van der Waals surface area (Å²) in [6, 6.07) is 7.32. The van der Waals surface area contributed by atoms with Crippen molar-refractivity contribution >= 4 is 33.4 Å². The molecule has 1 heterocycles. The molecule has 0 spiro atoms. The van der Waals surface area contributed by atoms with Crippen molar-refractivity contribution in [2.24, 2.45) is 0 Å². The van der Waals surface area contributed by atoms with Gasteiger partial charge in [0.1, 0.15) is 5.76 Å². The Balaban J connectivity index is 2.16. The SMILES string of the molecule is CCOC(=O)/C=C1\OC(c2ccc(Br)cc2)=CC1=O. The summed E-state index contributed by atoms with van der Waals surface area (Å²) in [7, 11) is 0. The van der Waals surface area contributed by atoms with Crippen molar-refractivity contribution in [2.75, 3.05) is 6.61 Å². The quantitative estimate of drug-likeness (QED) is 0.634. The molecule has 0 fully saturated rings. The van der Waals surface area contributed by atoms with E-state index in [0.29, 0.717) is 5.76 Å². The van der Waals surface area contributed by atoms with Gasteiger partial charge in [0, 0.05) is 16.1 Å². The summed E-state index contributed by atoms with van der Waals surface area (Å²) in [6.07, 6.45) is 2.42. The summed E-state index contributed by atoms with van der Waals surface area (Å²) in [6.45, 7) is 1.95. The molecule has 4 nitrogen and oxygen atoms in total. The lowest BCUT2D eigenvalue weighted by Crippen LogP contribution is -2.04. The minimum Gasteiger partial charge on any atom is -0.463 e. The molecule has 1 aromatic rings. The van der Waals surface area contributed by atoms with Crippen molar-refractivity contribution in [3.8, 4) is 0 Å². The highest BCUT2D eigenvalue weighted by Crippen LogP contribution is 2.27. The number of carbonyl (C=O) groups excluding carboxylic acids is 2. The number of carbonyl (C=O) groups is 2. The fourth-order valence-corrected chi connectivity index (χ4v) is 1.80. The molecule has 1 aliphatic rings. The van der Waals surface area contributed by atoms with Crippen LogP contribution in [-0.2, 0) is 19.1 Å². The van der Waals surface area contributed by atoms with Crippen molar-refractivity contribution in [1.82, 2.24) is 0 Å². The Morgan fingerprint density at radius 1 is 1.37 bits per heavy atom. The molecule has 0 atom stereocenters. The largest absolute Gasteiger partial charge is 0.463 e. The van der Waals surface area contributed by atoms with E-state index >= 15 is 0 Å². The third-order valence-electron chi connectivity index (χ3n) is 2.39. The molecule has 0 amide bonds. The van der Waals surface area contributed by atoms with Crippen LogP contribution in [0, 0.1) is 0 Å². The van der Waals surface area contributed by atoms with Gasteiger partial charge in [0.05, 0.1) is 12.7 Å². The Hall–Kier alpha value is -1.88. The zero-order valence-corrected chi connectivity index (χ0v) is 11.8. The third-order valence-corrected chi connectivity index (χ3v) is 2.92. The first-order chi connectivity index (χ1) is 9.10. The minimum atomic E-state index is -0.587. The maximum Gasteiger partial charge on any atom is 0.334 e. The highest BCUT2D eigenvalue weighted by molar-refractivity contribution is 9.10. The molecule has 0 N–H and O–H groups in total. The Bertz CT molecular complexity index is 570. The monoisotopic (exact) mass is 322 g/mol. The number of esters is 1. The van der Waals surface area contributed by atoms with Crippen molar-refractivity contribution in [1.29, 1.82) is 0 Å². The molecule has 0 unspecified atom stereocenters. The van der Waals surface area contributed by atoms with Crippen LogP contribution in [0.3, 0.4) is 0 Å². The van der Waals surface area contributed by atoms with E-state index in [1.165, 1.54) is 6.08 Å². The zero-order chi connectivity index (χ0) is 13.8. The third kappa shape index (κ3) is 3.32. The molecular weight excluding hydrogens is 312 g/mol. The Morgan fingerprint density at radius 3 is 2.68 bits per heavy atom. The van der Waals surface area contributed by atoms with E-state index in [1.807, 2.05) is 24.3 Å².